The first-order valence-corrected chi connectivity index (χ1v) is 11.3. The van der Waals surface area contributed by atoms with E-state index in [9.17, 15) is 17.6 Å². The number of rotatable bonds is 5. The van der Waals surface area contributed by atoms with E-state index in [1.807, 2.05) is 30.3 Å². The van der Waals surface area contributed by atoms with Gasteiger partial charge in [-0.2, -0.15) is 0 Å². The number of hydrogen-bond acceptors (Lipinski definition) is 3. The van der Waals surface area contributed by atoms with Crippen molar-refractivity contribution in [3.8, 4) is 0 Å². The Morgan fingerprint density at radius 2 is 1.86 bits per heavy atom. The van der Waals surface area contributed by atoms with Crippen molar-refractivity contribution in [2.24, 2.45) is 0 Å². The van der Waals surface area contributed by atoms with Crippen LogP contribution >= 0.6 is 0 Å². The summed E-state index contributed by atoms with van der Waals surface area (Å²) in [5.41, 5.74) is 0.693. The summed E-state index contributed by atoms with van der Waals surface area (Å²) in [6, 6.07) is 13.0. The second-order valence-electron chi connectivity index (χ2n) is 8.17. The maximum absolute atomic E-state index is 14.5. The molecule has 3 rings (SSSR count). The summed E-state index contributed by atoms with van der Waals surface area (Å²) in [4.78, 5) is 14.6. The van der Waals surface area contributed by atoms with Gasteiger partial charge in [0.15, 0.2) is 0 Å². The Kier molecular flexibility index (Phi) is 6.10. The number of likely N-dealkylation sites (tertiary alicyclic amines) is 1. The van der Waals surface area contributed by atoms with Gasteiger partial charge in [0.2, 0.25) is 10.0 Å². The molecular formula is C22H27FN2O3S. The zero-order valence-electron chi connectivity index (χ0n) is 17.0. The van der Waals surface area contributed by atoms with Gasteiger partial charge in [-0.05, 0) is 50.5 Å². The van der Waals surface area contributed by atoms with Gasteiger partial charge in [0.25, 0.3) is 5.91 Å². The Labute approximate surface area is 172 Å². The number of benzene rings is 2. The number of carbonyl (C=O) groups excluding carboxylic acids is 1. The third-order valence-corrected chi connectivity index (χ3v) is 6.98. The van der Waals surface area contributed by atoms with Crippen LogP contribution in [0.2, 0.25) is 0 Å². The number of piperidine rings is 1. The van der Waals surface area contributed by atoms with Crippen molar-refractivity contribution in [2.75, 3.05) is 13.1 Å². The summed E-state index contributed by atoms with van der Waals surface area (Å²) in [6.45, 7) is 6.47. The molecular weight excluding hydrogens is 391 g/mol. The highest BCUT2D eigenvalue weighted by Gasteiger charge is 2.35. The second kappa shape index (κ2) is 8.24. The molecule has 1 aliphatic rings. The van der Waals surface area contributed by atoms with Crippen LogP contribution < -0.4 is 4.72 Å². The molecule has 0 aromatic heterocycles. The molecule has 1 saturated heterocycles. The van der Waals surface area contributed by atoms with E-state index in [0.29, 0.717) is 13.1 Å². The lowest BCUT2D eigenvalue weighted by Crippen LogP contribution is -2.47. The van der Waals surface area contributed by atoms with Crippen molar-refractivity contribution in [1.29, 1.82) is 0 Å². The van der Waals surface area contributed by atoms with Crippen LogP contribution in [0.5, 0.6) is 0 Å². The minimum absolute atomic E-state index is 0.112. The molecule has 1 fully saturated rings. The number of nitrogens with zero attached hydrogens (tertiary/aromatic N) is 1. The Bertz CT molecular complexity index is 992. The molecule has 1 unspecified atom stereocenters. The molecule has 1 heterocycles. The van der Waals surface area contributed by atoms with Crippen LogP contribution in [0.1, 0.15) is 49.5 Å². The van der Waals surface area contributed by atoms with Gasteiger partial charge >= 0.3 is 0 Å². The average Bonchev–Trinajstić information content (AvgIpc) is 2.67. The average molecular weight is 419 g/mol. The lowest BCUT2D eigenvalue weighted by molar-refractivity contribution is 0.0646. The van der Waals surface area contributed by atoms with Crippen molar-refractivity contribution in [2.45, 2.75) is 50.0 Å². The first-order valence-electron chi connectivity index (χ1n) is 9.79. The topological polar surface area (TPSA) is 66.5 Å². The third kappa shape index (κ3) is 4.67. The molecule has 1 aliphatic heterocycles. The molecule has 1 amide bonds. The highest BCUT2D eigenvalue weighted by Crippen LogP contribution is 2.34. The molecule has 0 aliphatic carbocycles. The van der Waals surface area contributed by atoms with Gasteiger partial charge in [0.1, 0.15) is 5.82 Å². The fraction of sp³-hybridized carbons (Fsp3) is 0.409. The predicted octanol–water partition coefficient (Wildman–Crippen LogP) is 3.71. The summed E-state index contributed by atoms with van der Waals surface area (Å²) in [7, 11) is -3.82. The zero-order chi connectivity index (χ0) is 21.2. The molecule has 156 valence electrons. The molecule has 0 radical (unpaired) electrons. The second-order valence-corrected chi connectivity index (χ2v) is 9.89. The van der Waals surface area contributed by atoms with Crippen molar-refractivity contribution in [1.82, 2.24) is 9.62 Å². The summed E-state index contributed by atoms with van der Waals surface area (Å²) >= 11 is 0. The first kappa shape index (κ1) is 21.5. The first-order chi connectivity index (χ1) is 13.6. The van der Waals surface area contributed by atoms with Crippen LogP contribution in [0, 0.1) is 5.82 Å². The Balaban J connectivity index is 1.89. The summed E-state index contributed by atoms with van der Waals surface area (Å²) in [5.74, 6) is -1.20. The third-order valence-electron chi connectivity index (χ3n) is 5.32. The monoisotopic (exact) mass is 418 g/mol. The quantitative estimate of drug-likeness (QED) is 0.805. The lowest BCUT2D eigenvalue weighted by atomic mass is 9.76. The van der Waals surface area contributed by atoms with Crippen molar-refractivity contribution >= 4 is 15.9 Å². The number of amides is 1. The Morgan fingerprint density at radius 3 is 2.52 bits per heavy atom. The van der Waals surface area contributed by atoms with E-state index in [2.05, 4.69) is 11.6 Å². The standard InChI is InChI=1S/C22H27FN2O3S/c1-16(2)24-29(27,28)18-10-11-20(23)19(14-18)21(26)25-13-7-12-22(3,15-25)17-8-5-4-6-9-17/h4-6,8-11,14,16,24H,7,12-13,15H2,1-3H3. The van der Waals surface area contributed by atoms with Crippen LogP contribution in [0.25, 0.3) is 0 Å². The lowest BCUT2D eigenvalue weighted by Gasteiger charge is -2.41. The number of hydrogen-bond donors (Lipinski definition) is 1. The normalized spacial score (nSPS) is 20.1. The summed E-state index contributed by atoms with van der Waals surface area (Å²) < 4.78 is 41.8. The molecule has 2 aromatic rings. The molecule has 5 nitrogen and oxygen atoms in total. The van der Waals surface area contributed by atoms with Crippen LogP contribution in [-0.2, 0) is 15.4 Å². The Hall–Kier alpha value is -2.25. The van der Waals surface area contributed by atoms with E-state index in [4.69, 9.17) is 0 Å². The predicted molar refractivity (Wildman–Crippen MR) is 111 cm³/mol. The fourth-order valence-corrected chi connectivity index (χ4v) is 5.15. The largest absolute Gasteiger partial charge is 0.338 e. The van der Waals surface area contributed by atoms with Gasteiger partial charge in [-0.15, -0.1) is 0 Å². The van der Waals surface area contributed by atoms with Crippen LogP contribution in [0.3, 0.4) is 0 Å². The maximum atomic E-state index is 14.5. The van der Waals surface area contributed by atoms with Crippen molar-refractivity contribution in [3.63, 3.8) is 0 Å². The minimum Gasteiger partial charge on any atom is -0.338 e. The van der Waals surface area contributed by atoms with Crippen LogP contribution in [0.4, 0.5) is 4.39 Å². The van der Waals surface area contributed by atoms with Crippen LogP contribution in [-0.4, -0.2) is 38.4 Å². The smallest absolute Gasteiger partial charge is 0.256 e. The van der Waals surface area contributed by atoms with Crippen molar-refractivity contribution < 1.29 is 17.6 Å². The highest BCUT2D eigenvalue weighted by molar-refractivity contribution is 7.89. The molecule has 2 aromatic carbocycles. The van der Waals surface area contributed by atoms with E-state index >= 15 is 0 Å². The van der Waals surface area contributed by atoms with E-state index in [1.165, 1.54) is 6.07 Å². The maximum Gasteiger partial charge on any atom is 0.256 e. The van der Waals surface area contributed by atoms with Gasteiger partial charge in [-0.3, -0.25) is 4.79 Å². The molecule has 0 spiro atoms. The molecule has 0 saturated carbocycles. The SMILES string of the molecule is CC(C)NS(=O)(=O)c1ccc(F)c(C(=O)N2CCCC(C)(c3ccccc3)C2)c1. The van der Waals surface area contributed by atoms with Crippen molar-refractivity contribution in [3.05, 3.63) is 65.5 Å². The van der Waals surface area contributed by atoms with Gasteiger partial charge < -0.3 is 4.90 Å². The number of halogens is 1. The molecule has 0 bridgehead atoms. The molecule has 1 N–H and O–H groups in total. The van der Waals surface area contributed by atoms with Gasteiger partial charge in [-0.1, -0.05) is 37.3 Å². The Morgan fingerprint density at radius 1 is 1.17 bits per heavy atom. The summed E-state index contributed by atoms with van der Waals surface area (Å²) in [6.07, 6.45) is 1.72. The van der Waals surface area contributed by atoms with E-state index in [-0.39, 0.29) is 21.9 Å². The number of nitrogens with one attached hydrogen (secondary N) is 1. The van der Waals surface area contributed by atoms with E-state index < -0.39 is 21.7 Å². The number of sulfonamides is 1. The van der Waals surface area contributed by atoms with Gasteiger partial charge in [0, 0.05) is 24.5 Å². The molecule has 29 heavy (non-hydrogen) atoms. The van der Waals surface area contributed by atoms with Gasteiger partial charge in [0.05, 0.1) is 10.5 Å². The molecule has 7 heteroatoms. The molecule has 1 atom stereocenters. The van der Waals surface area contributed by atoms with Gasteiger partial charge in [-0.25, -0.2) is 17.5 Å². The van der Waals surface area contributed by atoms with E-state index in [0.717, 1.165) is 30.5 Å². The van der Waals surface area contributed by atoms with Crippen LogP contribution in [0.15, 0.2) is 53.4 Å². The minimum atomic E-state index is -3.82. The zero-order valence-corrected chi connectivity index (χ0v) is 17.8. The summed E-state index contributed by atoms with van der Waals surface area (Å²) in [5, 5.41) is 0. The fourth-order valence-electron chi connectivity index (χ4n) is 3.87. The highest BCUT2D eigenvalue weighted by atomic mass is 32.2. The number of carbonyl (C=O) groups is 1. The van der Waals surface area contributed by atoms with E-state index in [1.54, 1.807) is 18.7 Å².